The first-order valence-electron chi connectivity index (χ1n) is 25.0. The van der Waals surface area contributed by atoms with Crippen molar-refractivity contribution in [2.45, 2.75) is 302 Å². The maximum absolute atomic E-state index is 7.02. The highest BCUT2D eigenvalue weighted by atomic mass is 31.1. The Labute approximate surface area is 341 Å². The minimum absolute atomic E-state index is 0.0886. The molecule has 4 aliphatic rings. The van der Waals surface area contributed by atoms with Gasteiger partial charge in [-0.15, -0.1) is 8.58 Å². The standard InChI is InChI=1S/C50H97O3P/c1-7-9-11-13-15-17-19-21-23-25-26-27-29-31-33-35-37-39-41-50(46(3)43-48(5)52-47(50,4)44-49(6,51-46)53-48)45-54-42-40-38-36-34-32-30-28-24-22-20-18-16-14-12-10-8-2/h54H,7-45H2,1-6H3. The summed E-state index contributed by atoms with van der Waals surface area (Å²) in [6, 6.07) is 0. The van der Waals surface area contributed by atoms with E-state index < -0.39 is 11.6 Å². The molecule has 0 spiro atoms. The fourth-order valence-corrected chi connectivity index (χ4v) is 13.4. The lowest BCUT2D eigenvalue weighted by molar-refractivity contribution is -0.544. The first kappa shape index (κ1) is 48.7. The average molecular weight is 777 g/mol. The van der Waals surface area contributed by atoms with Crippen molar-refractivity contribution in [1.82, 2.24) is 0 Å². The molecule has 0 radical (unpaired) electrons. The number of rotatable bonds is 38. The van der Waals surface area contributed by atoms with Gasteiger partial charge in [-0.05, 0) is 52.9 Å². The van der Waals surface area contributed by atoms with E-state index in [2.05, 4.69) is 41.5 Å². The van der Waals surface area contributed by atoms with Crippen molar-refractivity contribution in [3.63, 3.8) is 0 Å². The topological polar surface area (TPSA) is 27.7 Å². The summed E-state index contributed by atoms with van der Waals surface area (Å²) < 4.78 is 20.5. The molecule has 0 aromatic carbocycles. The van der Waals surface area contributed by atoms with Crippen LogP contribution in [0, 0.1) is 5.41 Å². The van der Waals surface area contributed by atoms with Crippen molar-refractivity contribution < 1.29 is 14.2 Å². The van der Waals surface area contributed by atoms with E-state index in [4.69, 9.17) is 14.2 Å². The van der Waals surface area contributed by atoms with Crippen LogP contribution in [0.1, 0.15) is 279 Å². The second kappa shape index (κ2) is 27.1. The van der Waals surface area contributed by atoms with Gasteiger partial charge in [-0.3, -0.25) is 0 Å². The summed E-state index contributed by atoms with van der Waals surface area (Å²) in [5, 5.41) is 0. The van der Waals surface area contributed by atoms with Crippen LogP contribution < -0.4 is 0 Å². The van der Waals surface area contributed by atoms with Gasteiger partial charge in [0.2, 0.25) is 0 Å². The van der Waals surface area contributed by atoms with Crippen LogP contribution in [0.2, 0.25) is 0 Å². The van der Waals surface area contributed by atoms with E-state index in [0.717, 1.165) is 21.4 Å². The zero-order valence-corrected chi connectivity index (χ0v) is 38.8. The Hall–Kier alpha value is 0.310. The molecule has 0 aliphatic carbocycles. The Morgan fingerprint density at radius 1 is 0.352 bits per heavy atom. The van der Waals surface area contributed by atoms with Gasteiger partial charge in [0.25, 0.3) is 0 Å². The molecule has 3 nitrogen and oxygen atoms in total. The van der Waals surface area contributed by atoms with Gasteiger partial charge in [0.05, 0.1) is 11.2 Å². The van der Waals surface area contributed by atoms with Crippen molar-refractivity contribution in [3.8, 4) is 0 Å². The lowest BCUT2D eigenvalue weighted by Crippen LogP contribution is -2.82. The zero-order chi connectivity index (χ0) is 38.9. The largest absolute Gasteiger partial charge is 0.343 e. The number of unbranched alkanes of at least 4 members (excludes halogenated alkanes) is 32. The molecule has 0 amide bonds. The van der Waals surface area contributed by atoms with Crippen LogP contribution in [0.4, 0.5) is 0 Å². The third kappa shape index (κ3) is 16.9. The van der Waals surface area contributed by atoms with Crippen LogP contribution in [0.3, 0.4) is 0 Å². The van der Waals surface area contributed by atoms with E-state index in [1.54, 1.807) is 0 Å². The molecule has 54 heavy (non-hydrogen) atoms. The third-order valence-corrected chi connectivity index (χ3v) is 15.8. The van der Waals surface area contributed by atoms with Gasteiger partial charge in [0, 0.05) is 18.3 Å². The lowest BCUT2D eigenvalue weighted by atomic mass is 9.53. The predicted molar refractivity (Wildman–Crippen MR) is 240 cm³/mol. The van der Waals surface area contributed by atoms with Crippen molar-refractivity contribution in [3.05, 3.63) is 0 Å². The summed E-state index contributed by atoms with van der Waals surface area (Å²) in [5.74, 6) is -1.02. The van der Waals surface area contributed by atoms with E-state index in [1.807, 2.05) is 0 Å². The molecule has 0 N–H and O–H groups in total. The lowest BCUT2D eigenvalue weighted by Gasteiger charge is -2.75. The fraction of sp³-hybridized carbons (Fsp3) is 1.00. The second-order valence-corrected chi connectivity index (χ2v) is 21.1. The minimum atomic E-state index is -0.511. The first-order valence-corrected chi connectivity index (χ1v) is 26.4. The van der Waals surface area contributed by atoms with Gasteiger partial charge in [0.15, 0.2) is 11.6 Å². The molecule has 4 fully saturated rings. The van der Waals surface area contributed by atoms with Crippen molar-refractivity contribution in [2.75, 3.05) is 12.3 Å². The Kier molecular flexibility index (Phi) is 24.5. The van der Waals surface area contributed by atoms with E-state index in [9.17, 15) is 0 Å². The van der Waals surface area contributed by atoms with Crippen molar-refractivity contribution in [1.29, 1.82) is 0 Å². The highest BCUT2D eigenvalue weighted by Crippen LogP contribution is 2.69. The molecule has 320 valence electrons. The number of hydrogen-bond acceptors (Lipinski definition) is 3. The zero-order valence-electron chi connectivity index (χ0n) is 37.8. The number of ether oxygens (including phenoxy) is 3. The summed E-state index contributed by atoms with van der Waals surface area (Å²) in [5.41, 5.74) is -0.252. The Balaban J connectivity index is 1.26. The van der Waals surface area contributed by atoms with E-state index in [0.29, 0.717) is 0 Å². The molecular weight excluding hydrogens is 680 g/mol. The molecule has 0 saturated carbocycles. The van der Waals surface area contributed by atoms with Gasteiger partial charge in [-0.1, -0.05) is 226 Å². The van der Waals surface area contributed by atoms with Crippen LogP contribution in [0.5, 0.6) is 0 Å². The summed E-state index contributed by atoms with van der Waals surface area (Å²) in [7, 11) is 1.01. The van der Waals surface area contributed by atoms with Crippen LogP contribution in [-0.2, 0) is 14.2 Å². The summed E-state index contributed by atoms with van der Waals surface area (Å²) in [6.45, 7) is 13.9. The van der Waals surface area contributed by atoms with Crippen molar-refractivity contribution in [2.24, 2.45) is 5.41 Å². The van der Waals surface area contributed by atoms with Crippen LogP contribution in [-0.4, -0.2) is 35.1 Å². The van der Waals surface area contributed by atoms with Gasteiger partial charge in [0.1, 0.15) is 0 Å². The molecule has 0 aromatic heterocycles. The Morgan fingerprint density at radius 3 is 0.944 bits per heavy atom. The smallest absolute Gasteiger partial charge is 0.172 e. The monoisotopic (exact) mass is 777 g/mol. The van der Waals surface area contributed by atoms with Gasteiger partial charge >= 0.3 is 0 Å². The highest BCUT2D eigenvalue weighted by molar-refractivity contribution is 7.38. The van der Waals surface area contributed by atoms with Crippen LogP contribution in [0.25, 0.3) is 0 Å². The third-order valence-electron chi connectivity index (χ3n) is 14.2. The first-order chi connectivity index (χ1) is 26.2. The molecule has 5 atom stereocenters. The Bertz CT molecular complexity index is 834. The Morgan fingerprint density at radius 2 is 0.630 bits per heavy atom. The van der Waals surface area contributed by atoms with Crippen LogP contribution >= 0.6 is 8.58 Å². The maximum Gasteiger partial charge on any atom is 0.172 e. The molecule has 4 heterocycles. The molecule has 4 saturated heterocycles. The van der Waals surface area contributed by atoms with Crippen LogP contribution in [0.15, 0.2) is 0 Å². The van der Waals surface area contributed by atoms with E-state index in [-0.39, 0.29) is 16.6 Å². The normalized spacial score (nSPS) is 29.0. The SMILES string of the molecule is CCCCCCCCCCCCCCCCCCCCC1(CPCCCCCCCCCCCCCCCCCC)C2(C)CC3(C)OC(C)(CC1(C)O3)O2. The molecular formula is C50H97O3P. The minimum Gasteiger partial charge on any atom is -0.343 e. The van der Waals surface area contributed by atoms with E-state index in [1.165, 1.54) is 237 Å². The molecule has 4 heteroatoms. The maximum atomic E-state index is 7.02. The van der Waals surface area contributed by atoms with Gasteiger partial charge < -0.3 is 14.2 Å². The van der Waals surface area contributed by atoms with Gasteiger partial charge in [-0.2, -0.15) is 0 Å². The van der Waals surface area contributed by atoms with Gasteiger partial charge in [-0.25, -0.2) is 0 Å². The highest BCUT2D eigenvalue weighted by Gasteiger charge is 2.76. The predicted octanol–water partition coefficient (Wildman–Crippen LogP) is 17.2. The molecule has 4 bridgehead atoms. The molecule has 4 aliphatic heterocycles. The molecule has 4 rings (SSSR count). The second-order valence-electron chi connectivity index (χ2n) is 19.7. The fourth-order valence-electron chi connectivity index (χ4n) is 11.4. The molecule has 0 aromatic rings. The summed E-state index contributed by atoms with van der Waals surface area (Å²) in [4.78, 5) is 0. The molecule has 5 unspecified atom stereocenters. The summed E-state index contributed by atoms with van der Waals surface area (Å²) in [6.07, 6.45) is 54.5. The number of hydrogen-bond donors (Lipinski definition) is 0. The van der Waals surface area contributed by atoms with Crippen molar-refractivity contribution >= 4 is 8.58 Å². The summed E-state index contributed by atoms with van der Waals surface area (Å²) >= 11 is 0. The van der Waals surface area contributed by atoms with E-state index >= 15 is 0 Å². The average Bonchev–Trinajstić information content (AvgIpc) is 3.10. The quantitative estimate of drug-likeness (QED) is 0.0462.